The number of benzene rings is 2. The molecule has 0 bridgehead atoms. The maximum Gasteiger partial charge on any atom is 0.345 e. The highest BCUT2D eigenvalue weighted by Crippen LogP contribution is 2.25. The molecule has 0 saturated carbocycles. The predicted molar refractivity (Wildman–Crippen MR) is 93.1 cm³/mol. The quantitative estimate of drug-likeness (QED) is 0.477. The van der Waals surface area contributed by atoms with Gasteiger partial charge in [0.1, 0.15) is 5.56 Å². The van der Waals surface area contributed by atoms with E-state index in [4.69, 9.17) is 27.9 Å². The number of nitrogens with zero attached hydrogens (tertiary/aromatic N) is 1. The first kappa shape index (κ1) is 18.7. The van der Waals surface area contributed by atoms with Crippen LogP contribution in [0, 0.1) is 10.1 Å². The van der Waals surface area contributed by atoms with E-state index >= 15 is 0 Å². The number of carbonyl (C=O) groups excluding carboxylic acids is 2. The van der Waals surface area contributed by atoms with Crippen LogP contribution < -0.4 is 5.32 Å². The van der Waals surface area contributed by atoms with Crippen LogP contribution in [0.25, 0.3) is 0 Å². The maximum absolute atomic E-state index is 12.1. The number of anilines is 1. The van der Waals surface area contributed by atoms with Crippen LogP contribution in [0.2, 0.25) is 10.0 Å². The van der Waals surface area contributed by atoms with E-state index < -0.39 is 28.6 Å². The van der Waals surface area contributed by atoms with Gasteiger partial charge in [-0.1, -0.05) is 35.3 Å². The third-order valence-corrected chi connectivity index (χ3v) is 3.73. The van der Waals surface area contributed by atoms with E-state index in [2.05, 4.69) is 5.32 Å². The van der Waals surface area contributed by atoms with Crippen molar-refractivity contribution >= 4 is 46.5 Å². The van der Waals surface area contributed by atoms with Crippen molar-refractivity contribution < 1.29 is 19.2 Å². The second-order valence-electron chi connectivity index (χ2n) is 4.94. The molecule has 7 nitrogen and oxygen atoms in total. The number of ether oxygens (including phenoxy) is 1. The molecule has 2 aromatic rings. The fourth-order valence-corrected chi connectivity index (χ4v) is 2.25. The zero-order valence-corrected chi connectivity index (χ0v) is 14.4. The van der Waals surface area contributed by atoms with Gasteiger partial charge in [-0.2, -0.15) is 0 Å². The number of nitro groups is 1. The van der Waals surface area contributed by atoms with Gasteiger partial charge in [-0.15, -0.1) is 0 Å². The first-order chi connectivity index (χ1) is 11.8. The van der Waals surface area contributed by atoms with E-state index in [1.807, 2.05) is 0 Å². The lowest BCUT2D eigenvalue weighted by Crippen LogP contribution is -2.30. The number of carbonyl (C=O) groups is 2. The Labute approximate surface area is 152 Å². The summed E-state index contributed by atoms with van der Waals surface area (Å²) in [7, 11) is 0. The Morgan fingerprint density at radius 3 is 2.52 bits per heavy atom. The molecule has 0 radical (unpaired) electrons. The van der Waals surface area contributed by atoms with Gasteiger partial charge in [0.05, 0.1) is 15.6 Å². The lowest BCUT2D eigenvalue weighted by atomic mass is 10.2. The molecule has 0 aliphatic carbocycles. The molecule has 0 heterocycles. The van der Waals surface area contributed by atoms with Gasteiger partial charge < -0.3 is 10.1 Å². The van der Waals surface area contributed by atoms with Crippen LogP contribution in [-0.4, -0.2) is 22.9 Å². The fourth-order valence-electron chi connectivity index (χ4n) is 1.90. The molecule has 0 aliphatic rings. The zero-order chi connectivity index (χ0) is 18.6. The van der Waals surface area contributed by atoms with Crippen LogP contribution in [-0.2, 0) is 9.53 Å². The number of halogens is 2. The van der Waals surface area contributed by atoms with Crippen molar-refractivity contribution in [3.05, 3.63) is 68.2 Å². The molecule has 0 aliphatic heterocycles. The van der Waals surface area contributed by atoms with Crippen LogP contribution in [0.4, 0.5) is 11.4 Å². The standard InChI is InChI=1S/C16H12Cl2N2O5/c1-9(15(21)19-13-5-3-2-4-12(13)18)25-16(22)11-7-6-10(17)8-14(11)20(23)24/h2-9H,1H3,(H,19,21). The molecule has 9 heteroatoms. The minimum absolute atomic E-state index is 0.104. The molecule has 1 unspecified atom stereocenters. The minimum atomic E-state index is -1.20. The minimum Gasteiger partial charge on any atom is -0.449 e. The number of esters is 1. The lowest BCUT2D eigenvalue weighted by Gasteiger charge is -2.14. The molecule has 1 atom stereocenters. The van der Waals surface area contributed by atoms with E-state index in [-0.39, 0.29) is 10.6 Å². The van der Waals surface area contributed by atoms with E-state index in [0.717, 1.165) is 6.07 Å². The largest absolute Gasteiger partial charge is 0.449 e. The first-order valence-electron chi connectivity index (χ1n) is 7.00. The van der Waals surface area contributed by atoms with E-state index in [1.54, 1.807) is 24.3 Å². The number of hydrogen-bond acceptors (Lipinski definition) is 5. The number of hydrogen-bond donors (Lipinski definition) is 1. The second-order valence-corrected chi connectivity index (χ2v) is 5.78. The van der Waals surface area contributed by atoms with Gasteiger partial charge in [-0.05, 0) is 31.2 Å². The molecule has 0 fully saturated rings. The molecule has 1 amide bonds. The Hall–Kier alpha value is -2.64. The van der Waals surface area contributed by atoms with Crippen molar-refractivity contribution in [1.82, 2.24) is 0 Å². The number of para-hydroxylation sites is 1. The molecule has 0 spiro atoms. The SMILES string of the molecule is CC(OC(=O)c1ccc(Cl)cc1[N+](=O)[O-])C(=O)Nc1ccccc1Cl. The molecule has 1 N–H and O–H groups in total. The van der Waals surface area contributed by atoms with Crippen molar-refractivity contribution in [2.45, 2.75) is 13.0 Å². The van der Waals surface area contributed by atoms with Gasteiger partial charge >= 0.3 is 5.97 Å². The van der Waals surface area contributed by atoms with E-state index in [1.165, 1.54) is 19.1 Å². The van der Waals surface area contributed by atoms with Crippen LogP contribution in [0.1, 0.15) is 17.3 Å². The zero-order valence-electron chi connectivity index (χ0n) is 12.9. The predicted octanol–water partition coefficient (Wildman–Crippen LogP) is 4.09. The van der Waals surface area contributed by atoms with Crippen molar-refractivity contribution in [2.75, 3.05) is 5.32 Å². The summed E-state index contributed by atoms with van der Waals surface area (Å²) in [6, 6.07) is 10.1. The average molecular weight is 383 g/mol. The molecule has 2 rings (SSSR count). The fraction of sp³-hybridized carbons (Fsp3) is 0.125. The molecule has 25 heavy (non-hydrogen) atoms. The van der Waals surface area contributed by atoms with Crippen LogP contribution in [0.5, 0.6) is 0 Å². The van der Waals surface area contributed by atoms with Gasteiger partial charge in [0.15, 0.2) is 6.10 Å². The Morgan fingerprint density at radius 1 is 1.20 bits per heavy atom. The summed E-state index contributed by atoms with van der Waals surface area (Å²) >= 11 is 11.6. The van der Waals surface area contributed by atoms with Gasteiger partial charge in [-0.25, -0.2) is 4.79 Å². The Bertz CT molecular complexity index is 841. The van der Waals surface area contributed by atoms with Crippen LogP contribution >= 0.6 is 23.2 Å². The summed E-state index contributed by atoms with van der Waals surface area (Å²) in [5, 5.41) is 14.0. The number of amides is 1. The number of rotatable bonds is 5. The summed E-state index contributed by atoms with van der Waals surface area (Å²) < 4.78 is 5.00. The molecule has 2 aromatic carbocycles. The average Bonchev–Trinajstić information content (AvgIpc) is 2.56. The third-order valence-electron chi connectivity index (χ3n) is 3.16. The maximum atomic E-state index is 12.1. The van der Waals surface area contributed by atoms with Crippen molar-refractivity contribution in [1.29, 1.82) is 0 Å². The molecule has 0 saturated heterocycles. The van der Waals surface area contributed by atoms with Crippen molar-refractivity contribution in [2.24, 2.45) is 0 Å². The van der Waals surface area contributed by atoms with Gasteiger partial charge in [0.25, 0.3) is 11.6 Å². The summed E-state index contributed by atoms with van der Waals surface area (Å²) in [6.45, 7) is 1.34. The highest BCUT2D eigenvalue weighted by molar-refractivity contribution is 6.33. The summed E-state index contributed by atoms with van der Waals surface area (Å²) in [4.78, 5) is 34.5. The molecule has 0 aromatic heterocycles. The summed E-state index contributed by atoms with van der Waals surface area (Å²) in [5.74, 6) is -1.64. The molecular weight excluding hydrogens is 371 g/mol. The Kier molecular flexibility index (Phi) is 5.95. The first-order valence-corrected chi connectivity index (χ1v) is 7.75. The van der Waals surface area contributed by atoms with Gasteiger partial charge in [-0.3, -0.25) is 14.9 Å². The van der Waals surface area contributed by atoms with Crippen molar-refractivity contribution in [3.8, 4) is 0 Å². The third kappa shape index (κ3) is 4.68. The van der Waals surface area contributed by atoms with Crippen LogP contribution in [0.3, 0.4) is 0 Å². The molecule has 130 valence electrons. The Balaban J connectivity index is 2.11. The topological polar surface area (TPSA) is 98.5 Å². The van der Waals surface area contributed by atoms with Gasteiger partial charge in [0.2, 0.25) is 0 Å². The highest BCUT2D eigenvalue weighted by atomic mass is 35.5. The van der Waals surface area contributed by atoms with Crippen LogP contribution in [0.15, 0.2) is 42.5 Å². The normalized spacial score (nSPS) is 11.5. The van der Waals surface area contributed by atoms with Crippen molar-refractivity contribution in [3.63, 3.8) is 0 Å². The smallest absolute Gasteiger partial charge is 0.345 e. The monoisotopic (exact) mass is 382 g/mol. The van der Waals surface area contributed by atoms with E-state index in [0.29, 0.717) is 10.7 Å². The second kappa shape index (κ2) is 7.96. The van der Waals surface area contributed by atoms with E-state index in [9.17, 15) is 19.7 Å². The lowest BCUT2D eigenvalue weighted by molar-refractivity contribution is -0.385. The number of nitrogens with one attached hydrogen (secondary N) is 1. The number of nitro benzene ring substituents is 1. The molecular formula is C16H12Cl2N2O5. The Morgan fingerprint density at radius 2 is 1.88 bits per heavy atom. The van der Waals surface area contributed by atoms with Gasteiger partial charge in [0, 0.05) is 11.1 Å². The summed E-state index contributed by atoms with van der Waals surface area (Å²) in [5.41, 5.74) is -0.447. The summed E-state index contributed by atoms with van der Waals surface area (Å²) in [6.07, 6.45) is -1.20. The highest BCUT2D eigenvalue weighted by Gasteiger charge is 2.26.